The van der Waals surface area contributed by atoms with E-state index in [1.165, 1.54) is 11.0 Å². The third kappa shape index (κ3) is 5.69. The van der Waals surface area contributed by atoms with Gasteiger partial charge in [0.15, 0.2) is 11.5 Å². The van der Waals surface area contributed by atoms with Crippen molar-refractivity contribution in [2.45, 2.75) is 54.9 Å². The fourth-order valence-electron chi connectivity index (χ4n) is 4.97. The summed E-state index contributed by atoms with van der Waals surface area (Å²) in [6.07, 6.45) is -9.99. The standard InChI is InChI=1S/C26H22F6N2O5S/c27-25(28,29)15-8-13-23-21(14-15)34(19-5-1-2-7-22(19)38-23)20-6-3-4-18(24(20)35)33-40(36,37)17-11-9-16(10-12-17)39-26(30,31)32/h1-2,5,7-14,18,20,24,33,35H,3-4,6H2/t18-,20?,24+/m1/s1. The summed E-state index contributed by atoms with van der Waals surface area (Å²) < 4.78 is 116. The highest BCUT2D eigenvalue weighted by molar-refractivity contribution is 7.89. The Labute approximate surface area is 225 Å². The third-order valence-electron chi connectivity index (χ3n) is 6.72. The normalized spacial score (nSPS) is 21.3. The van der Waals surface area contributed by atoms with Crippen molar-refractivity contribution in [2.75, 3.05) is 4.90 Å². The second kappa shape index (κ2) is 10.2. The summed E-state index contributed by atoms with van der Waals surface area (Å²) in [5.74, 6) is -0.110. The number of nitrogens with zero attached hydrogens (tertiary/aromatic N) is 1. The maximum Gasteiger partial charge on any atom is 0.573 e. The first kappa shape index (κ1) is 28.1. The Morgan fingerprint density at radius 3 is 2.25 bits per heavy atom. The topological polar surface area (TPSA) is 88.1 Å². The van der Waals surface area contributed by atoms with E-state index in [1.807, 2.05) is 0 Å². The van der Waals surface area contributed by atoms with Gasteiger partial charge in [0, 0.05) is 0 Å². The highest BCUT2D eigenvalue weighted by atomic mass is 32.2. The number of fused-ring (bicyclic) bond motifs is 2. The monoisotopic (exact) mass is 588 g/mol. The molecule has 2 N–H and O–H groups in total. The van der Waals surface area contributed by atoms with Crippen LogP contribution in [0.25, 0.3) is 0 Å². The minimum atomic E-state index is -4.95. The van der Waals surface area contributed by atoms with Crippen LogP contribution < -0.4 is 19.1 Å². The van der Waals surface area contributed by atoms with Crippen molar-refractivity contribution in [2.24, 2.45) is 0 Å². The van der Waals surface area contributed by atoms with Crippen LogP contribution in [0.4, 0.5) is 37.7 Å². The van der Waals surface area contributed by atoms with Gasteiger partial charge in [-0.25, -0.2) is 13.1 Å². The number of hydrogen-bond donors (Lipinski definition) is 2. The lowest BCUT2D eigenvalue weighted by Gasteiger charge is -2.45. The largest absolute Gasteiger partial charge is 0.573 e. The van der Waals surface area contributed by atoms with Gasteiger partial charge in [-0.05, 0) is 73.9 Å². The summed E-state index contributed by atoms with van der Waals surface area (Å²) >= 11 is 0. The summed E-state index contributed by atoms with van der Waals surface area (Å²) in [6.45, 7) is 0. The Kier molecular flexibility index (Phi) is 7.13. The molecule has 3 aromatic carbocycles. The summed E-state index contributed by atoms with van der Waals surface area (Å²) in [5, 5.41) is 11.4. The summed E-state index contributed by atoms with van der Waals surface area (Å²) in [4.78, 5) is 1.19. The first-order valence-corrected chi connectivity index (χ1v) is 13.5. The Hall–Kier alpha value is -3.49. The molecule has 0 radical (unpaired) electrons. The van der Waals surface area contributed by atoms with Gasteiger partial charge in [-0.1, -0.05) is 12.1 Å². The van der Waals surface area contributed by atoms with Crippen molar-refractivity contribution in [3.8, 4) is 17.2 Å². The number of sulfonamides is 1. The van der Waals surface area contributed by atoms with Gasteiger partial charge in [-0.2, -0.15) is 13.2 Å². The number of benzene rings is 3. The predicted octanol–water partition coefficient (Wildman–Crippen LogP) is 6.11. The molecule has 0 amide bonds. The molecule has 214 valence electrons. The number of alkyl halides is 6. The molecule has 1 aliphatic heterocycles. The molecule has 5 rings (SSSR count). The molecule has 3 atom stereocenters. The summed E-state index contributed by atoms with van der Waals surface area (Å²) in [6, 6.07) is 11.3. The summed E-state index contributed by atoms with van der Waals surface area (Å²) in [7, 11) is -4.29. The molecule has 0 aromatic heterocycles. The van der Waals surface area contributed by atoms with Gasteiger partial charge in [-0.15, -0.1) is 13.2 Å². The lowest BCUT2D eigenvalue weighted by molar-refractivity contribution is -0.274. The molecular formula is C26H22F6N2O5S. The molecule has 1 heterocycles. The van der Waals surface area contributed by atoms with Crippen LogP contribution in [-0.2, 0) is 16.2 Å². The fourth-order valence-corrected chi connectivity index (χ4v) is 6.26. The van der Waals surface area contributed by atoms with E-state index >= 15 is 0 Å². The van der Waals surface area contributed by atoms with Crippen molar-refractivity contribution in [1.29, 1.82) is 0 Å². The Morgan fingerprint density at radius 1 is 0.900 bits per heavy atom. The number of para-hydroxylation sites is 2. The first-order chi connectivity index (χ1) is 18.7. The van der Waals surface area contributed by atoms with E-state index in [9.17, 15) is 39.9 Å². The number of hydrogen-bond acceptors (Lipinski definition) is 6. The molecule has 14 heteroatoms. The number of nitrogens with one attached hydrogen (secondary N) is 1. The Morgan fingerprint density at radius 2 is 1.57 bits per heavy atom. The van der Waals surface area contributed by atoms with Gasteiger partial charge >= 0.3 is 12.5 Å². The zero-order chi connectivity index (χ0) is 28.9. The van der Waals surface area contributed by atoms with Gasteiger partial charge in [0.25, 0.3) is 0 Å². The van der Waals surface area contributed by atoms with Crippen LogP contribution >= 0.6 is 0 Å². The lowest BCUT2D eigenvalue weighted by atomic mass is 9.86. The summed E-state index contributed by atoms with van der Waals surface area (Å²) in [5.41, 5.74) is -0.441. The molecule has 0 saturated heterocycles. The van der Waals surface area contributed by atoms with Crippen molar-refractivity contribution in [3.05, 3.63) is 72.3 Å². The van der Waals surface area contributed by atoms with Crippen LogP contribution in [0, 0.1) is 0 Å². The number of ether oxygens (including phenoxy) is 2. The smallest absolute Gasteiger partial charge is 0.453 e. The molecule has 7 nitrogen and oxygen atoms in total. The van der Waals surface area contributed by atoms with Crippen molar-refractivity contribution >= 4 is 21.4 Å². The van der Waals surface area contributed by atoms with Crippen LogP contribution in [0.5, 0.6) is 17.2 Å². The second-order valence-electron chi connectivity index (χ2n) is 9.36. The average molecular weight is 589 g/mol. The molecule has 40 heavy (non-hydrogen) atoms. The molecule has 1 saturated carbocycles. The molecule has 1 fully saturated rings. The van der Waals surface area contributed by atoms with Crippen LogP contribution in [0.3, 0.4) is 0 Å². The number of rotatable bonds is 5. The highest BCUT2D eigenvalue weighted by Gasteiger charge is 2.42. The maximum atomic E-state index is 13.6. The van der Waals surface area contributed by atoms with E-state index in [0.29, 0.717) is 24.3 Å². The third-order valence-corrected chi connectivity index (χ3v) is 8.22. The fraction of sp³-hybridized carbons (Fsp3) is 0.308. The number of aliphatic hydroxyl groups excluding tert-OH is 1. The maximum absolute atomic E-state index is 13.6. The Balaban J connectivity index is 1.44. The zero-order valence-electron chi connectivity index (χ0n) is 20.4. The van der Waals surface area contributed by atoms with E-state index in [4.69, 9.17) is 4.74 Å². The van der Waals surface area contributed by atoms with Crippen molar-refractivity contribution in [1.82, 2.24) is 4.72 Å². The molecule has 2 aliphatic rings. The van der Waals surface area contributed by atoms with Crippen molar-refractivity contribution < 1.29 is 49.3 Å². The molecule has 3 aromatic rings. The minimum absolute atomic E-state index is 0.0707. The van der Waals surface area contributed by atoms with Crippen LogP contribution in [0.2, 0.25) is 0 Å². The van der Waals surface area contributed by atoms with Crippen LogP contribution in [0.15, 0.2) is 71.6 Å². The van der Waals surface area contributed by atoms with Crippen molar-refractivity contribution in [3.63, 3.8) is 0 Å². The lowest BCUT2D eigenvalue weighted by Crippen LogP contribution is -2.56. The molecule has 0 bridgehead atoms. The van der Waals surface area contributed by atoms with E-state index in [-0.39, 0.29) is 22.8 Å². The number of halogens is 6. The molecule has 1 aliphatic carbocycles. The minimum Gasteiger partial charge on any atom is -0.453 e. The van der Waals surface area contributed by atoms with Gasteiger partial charge in [0.2, 0.25) is 10.0 Å². The predicted molar refractivity (Wildman–Crippen MR) is 131 cm³/mol. The Bertz CT molecular complexity index is 1490. The highest BCUT2D eigenvalue weighted by Crippen LogP contribution is 2.50. The number of anilines is 2. The zero-order valence-corrected chi connectivity index (χ0v) is 21.2. The van der Waals surface area contributed by atoms with E-state index in [0.717, 1.165) is 36.4 Å². The SMILES string of the molecule is O=S(=O)(N[C@@H]1CCCC(N2c3ccccc3Oc3ccc(C(F)(F)F)cc32)[C@H]1O)c1ccc(OC(F)(F)F)cc1. The average Bonchev–Trinajstić information content (AvgIpc) is 2.87. The van der Waals surface area contributed by atoms with E-state index in [1.54, 1.807) is 24.3 Å². The molecular weight excluding hydrogens is 566 g/mol. The first-order valence-electron chi connectivity index (χ1n) is 12.1. The number of aliphatic hydroxyl groups is 1. The molecule has 0 spiro atoms. The van der Waals surface area contributed by atoms with Crippen LogP contribution in [-0.4, -0.2) is 38.1 Å². The van der Waals surface area contributed by atoms with E-state index in [2.05, 4.69) is 9.46 Å². The van der Waals surface area contributed by atoms with Crippen LogP contribution in [0.1, 0.15) is 24.8 Å². The van der Waals surface area contributed by atoms with Gasteiger partial charge in [0.1, 0.15) is 5.75 Å². The second-order valence-corrected chi connectivity index (χ2v) is 11.1. The van der Waals surface area contributed by atoms with Gasteiger partial charge in [0.05, 0.1) is 40.0 Å². The molecule has 1 unspecified atom stereocenters. The van der Waals surface area contributed by atoms with E-state index < -0.39 is 52.1 Å². The van der Waals surface area contributed by atoms with Gasteiger partial charge < -0.3 is 19.5 Å². The van der Waals surface area contributed by atoms with Gasteiger partial charge in [-0.3, -0.25) is 0 Å². The quantitative estimate of drug-likeness (QED) is 0.350.